The van der Waals surface area contributed by atoms with Gasteiger partial charge in [0.05, 0.1) is 5.88 Å². The van der Waals surface area contributed by atoms with Gasteiger partial charge in [-0.2, -0.15) is 0 Å². The number of alkyl halides is 1. The maximum Gasteiger partial charge on any atom is 0.0509 e. The van der Waals surface area contributed by atoms with Crippen molar-refractivity contribution in [1.82, 2.24) is 9.88 Å². The van der Waals surface area contributed by atoms with E-state index in [0.29, 0.717) is 11.9 Å². The molecule has 0 bridgehead atoms. The third kappa shape index (κ3) is 2.90. The number of halogens is 1. The van der Waals surface area contributed by atoms with E-state index in [-0.39, 0.29) is 0 Å². The van der Waals surface area contributed by atoms with Crippen molar-refractivity contribution in [3.8, 4) is 0 Å². The maximum atomic E-state index is 5.96. The molecule has 17 heavy (non-hydrogen) atoms. The van der Waals surface area contributed by atoms with E-state index in [0.717, 1.165) is 5.56 Å². The number of hydrogen-bond acceptors (Lipinski definition) is 3. The Labute approximate surface area is 108 Å². The van der Waals surface area contributed by atoms with Crippen molar-refractivity contribution in [1.29, 1.82) is 0 Å². The molecule has 0 N–H and O–H groups in total. The molecule has 0 amide bonds. The van der Waals surface area contributed by atoms with Crippen LogP contribution in [-0.4, -0.2) is 43.1 Å². The fourth-order valence-electron chi connectivity index (χ4n) is 2.45. The first-order valence-electron chi connectivity index (χ1n) is 6.12. The molecule has 3 nitrogen and oxygen atoms in total. The topological polar surface area (TPSA) is 19.4 Å². The van der Waals surface area contributed by atoms with Gasteiger partial charge in [0.25, 0.3) is 0 Å². The van der Waals surface area contributed by atoms with E-state index in [4.69, 9.17) is 11.6 Å². The Kier molecular flexibility index (Phi) is 4.24. The number of aromatic nitrogens is 1. The molecule has 2 rings (SSSR count). The molecule has 1 aromatic heterocycles. The standard InChI is InChI=1S/C13H20ClN3/c1-16-7-4-12(5-8-16)17(2)13-3-6-15-10-11(13)9-14/h3,6,10,12H,4-5,7-9H2,1-2H3. The molecule has 0 aliphatic carbocycles. The van der Waals surface area contributed by atoms with Crippen molar-refractivity contribution in [2.75, 3.05) is 32.1 Å². The van der Waals surface area contributed by atoms with Crippen LogP contribution < -0.4 is 4.90 Å². The Morgan fingerprint density at radius 2 is 2.18 bits per heavy atom. The van der Waals surface area contributed by atoms with Crippen molar-refractivity contribution in [2.24, 2.45) is 0 Å². The SMILES string of the molecule is CN1CCC(N(C)c2ccncc2CCl)CC1. The zero-order valence-electron chi connectivity index (χ0n) is 10.6. The van der Waals surface area contributed by atoms with E-state index >= 15 is 0 Å². The molecule has 1 aliphatic rings. The third-order valence-corrected chi connectivity index (χ3v) is 3.93. The van der Waals surface area contributed by atoms with Gasteiger partial charge in [0.1, 0.15) is 0 Å². The first-order valence-corrected chi connectivity index (χ1v) is 6.66. The van der Waals surface area contributed by atoms with E-state index in [9.17, 15) is 0 Å². The number of likely N-dealkylation sites (tertiary alicyclic amines) is 1. The summed E-state index contributed by atoms with van der Waals surface area (Å²) in [5.74, 6) is 0.528. The monoisotopic (exact) mass is 253 g/mol. The molecule has 1 aliphatic heterocycles. The first-order chi connectivity index (χ1) is 8.22. The second-order valence-electron chi connectivity index (χ2n) is 4.78. The highest BCUT2D eigenvalue weighted by Crippen LogP contribution is 2.25. The van der Waals surface area contributed by atoms with Gasteiger partial charge in [-0.25, -0.2) is 0 Å². The summed E-state index contributed by atoms with van der Waals surface area (Å²) in [7, 11) is 4.36. The van der Waals surface area contributed by atoms with E-state index < -0.39 is 0 Å². The lowest BCUT2D eigenvalue weighted by atomic mass is 10.0. The maximum absolute atomic E-state index is 5.96. The number of pyridine rings is 1. The number of nitrogens with zero attached hydrogens (tertiary/aromatic N) is 3. The summed E-state index contributed by atoms with van der Waals surface area (Å²) in [6.45, 7) is 2.35. The number of hydrogen-bond donors (Lipinski definition) is 0. The lowest BCUT2D eigenvalue weighted by Crippen LogP contribution is -2.42. The Morgan fingerprint density at radius 3 is 2.82 bits per heavy atom. The van der Waals surface area contributed by atoms with Crippen LogP contribution in [0.15, 0.2) is 18.5 Å². The van der Waals surface area contributed by atoms with E-state index in [1.807, 2.05) is 12.4 Å². The van der Waals surface area contributed by atoms with Crippen LogP contribution in [0, 0.1) is 0 Å². The molecule has 2 heterocycles. The Bertz CT molecular complexity index is 361. The van der Waals surface area contributed by atoms with Crippen LogP contribution in [0.5, 0.6) is 0 Å². The smallest absolute Gasteiger partial charge is 0.0509 e. The van der Waals surface area contributed by atoms with Crippen LogP contribution >= 0.6 is 11.6 Å². The number of anilines is 1. The number of piperidine rings is 1. The molecular weight excluding hydrogens is 234 g/mol. The first kappa shape index (κ1) is 12.7. The average Bonchev–Trinajstić information content (AvgIpc) is 2.39. The quantitative estimate of drug-likeness (QED) is 0.771. The summed E-state index contributed by atoms with van der Waals surface area (Å²) >= 11 is 5.96. The second-order valence-corrected chi connectivity index (χ2v) is 5.05. The fourth-order valence-corrected chi connectivity index (χ4v) is 2.65. The van der Waals surface area contributed by atoms with E-state index in [1.54, 1.807) is 0 Å². The molecule has 0 saturated carbocycles. The lowest BCUT2D eigenvalue weighted by molar-refractivity contribution is 0.253. The predicted molar refractivity (Wildman–Crippen MR) is 72.7 cm³/mol. The molecule has 0 spiro atoms. The molecule has 4 heteroatoms. The van der Waals surface area contributed by atoms with Crippen LogP contribution in [-0.2, 0) is 5.88 Å². The van der Waals surface area contributed by atoms with Gasteiger partial charge in [-0.15, -0.1) is 11.6 Å². The fraction of sp³-hybridized carbons (Fsp3) is 0.615. The predicted octanol–water partition coefficient (Wildman–Crippen LogP) is 2.35. The summed E-state index contributed by atoms with van der Waals surface area (Å²) < 4.78 is 0. The van der Waals surface area contributed by atoms with Gasteiger partial charge in [0.2, 0.25) is 0 Å². The minimum Gasteiger partial charge on any atom is -0.371 e. The average molecular weight is 254 g/mol. The zero-order valence-corrected chi connectivity index (χ0v) is 11.3. The molecule has 1 aromatic rings. The van der Waals surface area contributed by atoms with Crippen molar-refractivity contribution >= 4 is 17.3 Å². The Morgan fingerprint density at radius 1 is 1.47 bits per heavy atom. The largest absolute Gasteiger partial charge is 0.371 e. The van der Waals surface area contributed by atoms with Crippen molar-refractivity contribution in [3.63, 3.8) is 0 Å². The summed E-state index contributed by atoms with van der Waals surface area (Å²) in [6, 6.07) is 2.69. The van der Waals surface area contributed by atoms with Gasteiger partial charge in [-0.05, 0) is 39.0 Å². The molecule has 94 valence electrons. The summed E-state index contributed by atoms with van der Waals surface area (Å²) in [4.78, 5) is 8.89. The van der Waals surface area contributed by atoms with Crippen LogP contribution in [0.2, 0.25) is 0 Å². The Hall–Kier alpha value is -0.800. The van der Waals surface area contributed by atoms with Gasteiger partial charge in [-0.3, -0.25) is 4.98 Å². The highest BCUT2D eigenvalue weighted by atomic mass is 35.5. The van der Waals surface area contributed by atoms with Crippen molar-refractivity contribution in [3.05, 3.63) is 24.0 Å². The molecule has 0 atom stereocenters. The summed E-state index contributed by atoms with van der Waals surface area (Å²) in [6.07, 6.45) is 6.15. The van der Waals surface area contributed by atoms with E-state index in [1.165, 1.54) is 31.6 Å². The summed E-state index contributed by atoms with van der Waals surface area (Å²) in [5, 5.41) is 0. The van der Waals surface area contributed by atoms with Gasteiger partial charge >= 0.3 is 0 Å². The van der Waals surface area contributed by atoms with Gasteiger partial charge in [0.15, 0.2) is 0 Å². The van der Waals surface area contributed by atoms with Crippen LogP contribution in [0.25, 0.3) is 0 Å². The molecule has 1 fully saturated rings. The van der Waals surface area contributed by atoms with Crippen LogP contribution in [0.1, 0.15) is 18.4 Å². The van der Waals surface area contributed by atoms with Crippen LogP contribution in [0.3, 0.4) is 0 Å². The highest BCUT2D eigenvalue weighted by molar-refractivity contribution is 6.17. The molecular formula is C13H20ClN3. The van der Waals surface area contributed by atoms with Crippen molar-refractivity contribution < 1.29 is 0 Å². The minimum absolute atomic E-state index is 0.528. The van der Waals surface area contributed by atoms with Gasteiger partial charge < -0.3 is 9.80 Å². The molecule has 0 aromatic carbocycles. The molecule has 1 saturated heterocycles. The molecule has 0 radical (unpaired) electrons. The second kappa shape index (κ2) is 5.69. The van der Waals surface area contributed by atoms with Crippen LogP contribution in [0.4, 0.5) is 5.69 Å². The number of rotatable bonds is 3. The minimum atomic E-state index is 0.528. The highest BCUT2D eigenvalue weighted by Gasteiger charge is 2.21. The normalized spacial score (nSPS) is 18.3. The van der Waals surface area contributed by atoms with E-state index in [2.05, 4.69) is 34.9 Å². The van der Waals surface area contributed by atoms with Crippen molar-refractivity contribution in [2.45, 2.75) is 24.8 Å². The van der Waals surface area contributed by atoms with Gasteiger partial charge in [-0.1, -0.05) is 0 Å². The third-order valence-electron chi connectivity index (χ3n) is 3.64. The zero-order chi connectivity index (χ0) is 12.3. The summed E-state index contributed by atoms with van der Waals surface area (Å²) in [5.41, 5.74) is 2.35. The lowest BCUT2D eigenvalue weighted by Gasteiger charge is -2.37. The Balaban J connectivity index is 2.10. The molecule has 0 unspecified atom stereocenters. The van der Waals surface area contributed by atoms with Gasteiger partial charge in [0, 0.05) is 36.7 Å².